The highest BCUT2D eigenvalue weighted by Gasteiger charge is 2.02. The molecule has 0 saturated heterocycles. The maximum absolute atomic E-state index is 13.7. The number of nitrogens with two attached hydrogens (primary N) is 1. The minimum atomic E-state index is -0.409. The molecular formula is C15H13FN2O. The largest absolute Gasteiger partial charge is 0.489 e. The van der Waals surface area contributed by atoms with Crippen molar-refractivity contribution in [2.45, 2.75) is 6.61 Å². The van der Waals surface area contributed by atoms with Crippen molar-refractivity contribution in [1.82, 2.24) is 4.98 Å². The maximum Gasteiger partial charge on any atom is 0.142 e. The summed E-state index contributed by atoms with van der Waals surface area (Å²) in [7, 11) is 0. The molecule has 2 aromatic rings. The molecule has 2 rings (SSSR count). The second-order valence-electron chi connectivity index (χ2n) is 3.79. The van der Waals surface area contributed by atoms with Crippen LogP contribution in [0, 0.1) is 17.7 Å². The van der Waals surface area contributed by atoms with Gasteiger partial charge < -0.3 is 10.5 Å². The third-order valence-electron chi connectivity index (χ3n) is 2.42. The van der Waals surface area contributed by atoms with Gasteiger partial charge >= 0.3 is 0 Å². The summed E-state index contributed by atoms with van der Waals surface area (Å²) < 4.78 is 19.2. The normalized spacial score (nSPS) is 9.58. The van der Waals surface area contributed by atoms with Gasteiger partial charge in [0.25, 0.3) is 0 Å². The first kappa shape index (κ1) is 13.1. The molecule has 0 bridgehead atoms. The van der Waals surface area contributed by atoms with Gasteiger partial charge in [0, 0.05) is 18.5 Å². The summed E-state index contributed by atoms with van der Waals surface area (Å²) in [5, 5.41) is 0. The lowest BCUT2D eigenvalue weighted by molar-refractivity contribution is 0.304. The molecule has 0 radical (unpaired) electrons. The van der Waals surface area contributed by atoms with Gasteiger partial charge in [0.1, 0.15) is 18.2 Å². The van der Waals surface area contributed by atoms with Crippen LogP contribution in [-0.4, -0.2) is 11.5 Å². The van der Waals surface area contributed by atoms with E-state index in [1.807, 2.05) is 12.1 Å². The summed E-state index contributed by atoms with van der Waals surface area (Å²) in [6.45, 7) is 0.579. The standard InChI is InChI=1S/C15H13FN2O/c16-15-10-14(4-3-13(15)2-1-7-17)19-11-12-5-8-18-9-6-12/h3-6,8-10H,7,11,17H2. The number of halogens is 1. The fraction of sp³-hybridized carbons (Fsp3) is 0.133. The van der Waals surface area contributed by atoms with Crippen molar-refractivity contribution >= 4 is 0 Å². The first-order valence-electron chi connectivity index (χ1n) is 5.80. The number of aromatic nitrogens is 1. The van der Waals surface area contributed by atoms with Gasteiger partial charge in [-0.2, -0.15) is 0 Å². The minimum absolute atomic E-state index is 0.208. The molecular weight excluding hydrogens is 243 g/mol. The lowest BCUT2D eigenvalue weighted by Crippen LogP contribution is -1.97. The van der Waals surface area contributed by atoms with Gasteiger partial charge in [0.05, 0.1) is 12.1 Å². The van der Waals surface area contributed by atoms with Crippen molar-refractivity contribution in [1.29, 1.82) is 0 Å². The first-order chi connectivity index (χ1) is 9.29. The van der Waals surface area contributed by atoms with Gasteiger partial charge in [-0.25, -0.2) is 4.39 Å². The van der Waals surface area contributed by atoms with Gasteiger partial charge in [-0.15, -0.1) is 0 Å². The van der Waals surface area contributed by atoms with Crippen LogP contribution in [0.2, 0.25) is 0 Å². The van der Waals surface area contributed by atoms with Gasteiger partial charge in [-0.05, 0) is 29.8 Å². The SMILES string of the molecule is NCC#Cc1ccc(OCc2ccncc2)cc1F. The van der Waals surface area contributed by atoms with Crippen LogP contribution in [0.3, 0.4) is 0 Å². The molecule has 1 aromatic carbocycles. The Morgan fingerprint density at radius 2 is 2.00 bits per heavy atom. The third-order valence-corrected chi connectivity index (χ3v) is 2.42. The summed E-state index contributed by atoms with van der Waals surface area (Å²) in [6.07, 6.45) is 3.37. The summed E-state index contributed by atoms with van der Waals surface area (Å²) in [4.78, 5) is 3.91. The molecule has 3 nitrogen and oxygen atoms in total. The summed E-state index contributed by atoms with van der Waals surface area (Å²) in [5.74, 6) is 5.33. The van der Waals surface area contributed by atoms with Crippen LogP contribution in [-0.2, 0) is 6.61 Å². The molecule has 0 fully saturated rings. The maximum atomic E-state index is 13.7. The highest BCUT2D eigenvalue weighted by Crippen LogP contribution is 2.17. The Labute approximate surface area is 111 Å². The van der Waals surface area contributed by atoms with Crippen LogP contribution >= 0.6 is 0 Å². The second kappa shape index (κ2) is 6.53. The van der Waals surface area contributed by atoms with E-state index in [1.165, 1.54) is 6.07 Å². The van der Waals surface area contributed by atoms with Crippen LogP contribution < -0.4 is 10.5 Å². The molecule has 0 aliphatic rings. The smallest absolute Gasteiger partial charge is 0.142 e. The number of pyridine rings is 1. The van der Waals surface area contributed by atoms with Crippen LogP contribution in [0.15, 0.2) is 42.7 Å². The molecule has 0 aliphatic heterocycles. The number of nitrogens with zero attached hydrogens (tertiary/aromatic N) is 1. The summed E-state index contributed by atoms with van der Waals surface area (Å²) >= 11 is 0. The topological polar surface area (TPSA) is 48.1 Å². The molecule has 2 N–H and O–H groups in total. The Morgan fingerprint density at radius 3 is 2.68 bits per heavy atom. The van der Waals surface area contributed by atoms with Crippen molar-refractivity contribution in [3.63, 3.8) is 0 Å². The molecule has 96 valence electrons. The molecule has 0 atom stereocenters. The van der Waals surface area contributed by atoms with E-state index in [0.717, 1.165) is 5.56 Å². The molecule has 1 aromatic heterocycles. The average molecular weight is 256 g/mol. The zero-order valence-electron chi connectivity index (χ0n) is 10.3. The quantitative estimate of drug-likeness (QED) is 0.856. The molecule has 0 aliphatic carbocycles. The third kappa shape index (κ3) is 3.80. The molecule has 19 heavy (non-hydrogen) atoms. The van der Waals surface area contributed by atoms with Gasteiger partial charge in [0.15, 0.2) is 0 Å². The van der Waals surface area contributed by atoms with E-state index in [0.29, 0.717) is 17.9 Å². The van der Waals surface area contributed by atoms with E-state index in [9.17, 15) is 4.39 Å². The number of hydrogen-bond donors (Lipinski definition) is 1. The van der Waals surface area contributed by atoms with Gasteiger partial charge in [-0.3, -0.25) is 4.98 Å². The second-order valence-corrected chi connectivity index (χ2v) is 3.79. The number of hydrogen-bond acceptors (Lipinski definition) is 3. The Kier molecular flexibility index (Phi) is 4.49. The van der Waals surface area contributed by atoms with Crippen molar-refractivity contribution in [3.8, 4) is 17.6 Å². The minimum Gasteiger partial charge on any atom is -0.489 e. The predicted octanol–water partition coefficient (Wildman–Crippen LogP) is 2.11. The highest BCUT2D eigenvalue weighted by molar-refractivity contribution is 5.39. The van der Waals surface area contributed by atoms with Gasteiger partial charge in [-0.1, -0.05) is 11.8 Å². The van der Waals surface area contributed by atoms with Crippen molar-refractivity contribution < 1.29 is 9.13 Å². The molecule has 4 heteroatoms. The molecule has 0 unspecified atom stereocenters. The number of ether oxygens (including phenoxy) is 1. The molecule has 1 heterocycles. The summed E-state index contributed by atoms with van der Waals surface area (Å²) in [5.41, 5.74) is 6.54. The fourth-order valence-corrected chi connectivity index (χ4v) is 1.48. The lowest BCUT2D eigenvalue weighted by Gasteiger charge is -2.06. The van der Waals surface area contributed by atoms with E-state index in [4.69, 9.17) is 10.5 Å². The van der Waals surface area contributed by atoms with E-state index in [2.05, 4.69) is 16.8 Å². The fourth-order valence-electron chi connectivity index (χ4n) is 1.48. The highest BCUT2D eigenvalue weighted by atomic mass is 19.1. The molecule has 0 saturated carbocycles. The van der Waals surface area contributed by atoms with Crippen LogP contribution in [0.5, 0.6) is 5.75 Å². The van der Waals surface area contributed by atoms with Crippen molar-refractivity contribution in [3.05, 3.63) is 59.7 Å². The first-order valence-corrected chi connectivity index (χ1v) is 5.80. The Bertz CT molecular complexity index is 603. The van der Waals surface area contributed by atoms with E-state index in [1.54, 1.807) is 24.5 Å². The Morgan fingerprint density at radius 1 is 1.21 bits per heavy atom. The predicted molar refractivity (Wildman–Crippen MR) is 70.9 cm³/mol. The van der Waals surface area contributed by atoms with E-state index < -0.39 is 5.82 Å². The zero-order chi connectivity index (χ0) is 13.5. The monoisotopic (exact) mass is 256 g/mol. The Hall–Kier alpha value is -2.38. The van der Waals surface area contributed by atoms with Gasteiger partial charge in [0.2, 0.25) is 0 Å². The van der Waals surface area contributed by atoms with E-state index >= 15 is 0 Å². The van der Waals surface area contributed by atoms with Crippen molar-refractivity contribution in [2.75, 3.05) is 6.54 Å². The lowest BCUT2D eigenvalue weighted by atomic mass is 10.2. The number of rotatable bonds is 3. The van der Waals surface area contributed by atoms with E-state index in [-0.39, 0.29) is 6.54 Å². The summed E-state index contributed by atoms with van der Waals surface area (Å²) in [6, 6.07) is 8.28. The molecule has 0 spiro atoms. The van der Waals surface area contributed by atoms with Crippen LogP contribution in [0.1, 0.15) is 11.1 Å². The average Bonchev–Trinajstić information content (AvgIpc) is 2.45. The zero-order valence-corrected chi connectivity index (χ0v) is 10.3. The number of benzene rings is 1. The van der Waals surface area contributed by atoms with Crippen LogP contribution in [0.25, 0.3) is 0 Å². The molecule has 0 amide bonds. The van der Waals surface area contributed by atoms with Crippen LogP contribution in [0.4, 0.5) is 4.39 Å². The Balaban J connectivity index is 2.04. The van der Waals surface area contributed by atoms with Crippen molar-refractivity contribution in [2.24, 2.45) is 5.73 Å².